The predicted octanol–water partition coefficient (Wildman–Crippen LogP) is 3.46. The molecule has 1 fully saturated rings. The Hall–Kier alpha value is -2.80. The van der Waals surface area contributed by atoms with Gasteiger partial charge in [0.15, 0.2) is 5.96 Å². The molecule has 0 atom stereocenters. The lowest BCUT2D eigenvalue weighted by atomic mass is 10.1. The molecule has 1 aromatic heterocycles. The van der Waals surface area contributed by atoms with E-state index in [0.717, 1.165) is 47.5 Å². The number of hydrogen-bond acceptors (Lipinski definition) is 5. The first-order valence-electron chi connectivity index (χ1n) is 11.0. The summed E-state index contributed by atoms with van der Waals surface area (Å²) < 4.78 is 16.7. The largest absolute Gasteiger partial charge is 0.491 e. The van der Waals surface area contributed by atoms with Crippen LogP contribution in [0.5, 0.6) is 11.6 Å². The van der Waals surface area contributed by atoms with E-state index in [1.807, 2.05) is 18.3 Å². The van der Waals surface area contributed by atoms with Gasteiger partial charge in [-0.3, -0.25) is 0 Å². The van der Waals surface area contributed by atoms with Crippen LogP contribution >= 0.6 is 0 Å². The fourth-order valence-corrected chi connectivity index (χ4v) is 2.95. The van der Waals surface area contributed by atoms with Gasteiger partial charge in [0.05, 0.1) is 19.8 Å². The fraction of sp³-hybridized carbons (Fsp3) is 0.500. The van der Waals surface area contributed by atoms with Crippen molar-refractivity contribution in [3.05, 3.63) is 53.2 Å². The van der Waals surface area contributed by atoms with E-state index < -0.39 is 0 Å². The molecule has 7 heteroatoms. The van der Waals surface area contributed by atoms with Crippen molar-refractivity contribution >= 4 is 5.96 Å². The number of aromatic nitrogens is 1. The third-order valence-electron chi connectivity index (χ3n) is 4.94. The number of guanidine groups is 1. The summed E-state index contributed by atoms with van der Waals surface area (Å²) in [6.45, 7) is 7.89. The summed E-state index contributed by atoms with van der Waals surface area (Å²) in [7, 11) is 1.67. The van der Waals surface area contributed by atoms with Gasteiger partial charge in [0.2, 0.25) is 5.88 Å². The highest BCUT2D eigenvalue weighted by Gasteiger charge is 2.22. The van der Waals surface area contributed by atoms with Crippen LogP contribution in [0, 0.1) is 12.8 Å². The SMILES string of the molecule is CCNC(=NCc1ccc(OCC2CC2)nc1)NCc1ccc(C)cc1OCCOC. The zero-order valence-corrected chi connectivity index (χ0v) is 18.8. The number of aliphatic imine (C=N–C) groups is 1. The Balaban J connectivity index is 1.55. The highest BCUT2D eigenvalue weighted by atomic mass is 16.5. The smallest absolute Gasteiger partial charge is 0.213 e. The number of aryl methyl sites for hydroxylation is 1. The van der Waals surface area contributed by atoms with Gasteiger partial charge in [-0.05, 0) is 49.8 Å². The van der Waals surface area contributed by atoms with E-state index in [1.165, 1.54) is 12.8 Å². The van der Waals surface area contributed by atoms with Crippen molar-refractivity contribution in [2.75, 3.05) is 33.5 Å². The maximum absolute atomic E-state index is 5.88. The molecule has 1 saturated carbocycles. The predicted molar refractivity (Wildman–Crippen MR) is 123 cm³/mol. The third-order valence-corrected chi connectivity index (χ3v) is 4.94. The standard InChI is InChI=1S/C24H34N4O3/c1-4-25-24(27-15-20-8-10-23(26-14-20)31-17-19-6-7-19)28-16-21-9-5-18(2)13-22(21)30-12-11-29-3/h5,8-10,13-14,19H,4,6-7,11-12,15-17H2,1-3H3,(H2,25,27,28). The van der Waals surface area contributed by atoms with Crippen molar-refractivity contribution in [2.24, 2.45) is 10.9 Å². The first-order valence-corrected chi connectivity index (χ1v) is 11.0. The minimum atomic E-state index is 0.522. The van der Waals surface area contributed by atoms with Crippen LogP contribution in [0.2, 0.25) is 0 Å². The third kappa shape index (κ3) is 8.09. The molecule has 1 heterocycles. The lowest BCUT2D eigenvalue weighted by Gasteiger charge is -2.15. The van der Waals surface area contributed by atoms with Crippen LogP contribution in [-0.4, -0.2) is 44.4 Å². The number of ether oxygens (including phenoxy) is 3. The average Bonchev–Trinajstić information content (AvgIpc) is 3.61. The minimum absolute atomic E-state index is 0.522. The molecule has 2 N–H and O–H groups in total. The number of nitrogens with zero attached hydrogens (tertiary/aromatic N) is 2. The minimum Gasteiger partial charge on any atom is -0.491 e. The molecule has 7 nitrogen and oxygen atoms in total. The summed E-state index contributed by atoms with van der Waals surface area (Å²) in [4.78, 5) is 9.08. The lowest BCUT2D eigenvalue weighted by molar-refractivity contribution is 0.145. The van der Waals surface area contributed by atoms with Gasteiger partial charge < -0.3 is 24.8 Å². The molecule has 2 aromatic rings. The number of hydrogen-bond donors (Lipinski definition) is 2. The summed E-state index contributed by atoms with van der Waals surface area (Å²) >= 11 is 0. The molecule has 0 spiro atoms. The van der Waals surface area contributed by atoms with Gasteiger partial charge in [-0.25, -0.2) is 9.98 Å². The summed E-state index contributed by atoms with van der Waals surface area (Å²) in [5, 5.41) is 6.68. The van der Waals surface area contributed by atoms with Gasteiger partial charge in [-0.1, -0.05) is 18.2 Å². The Morgan fingerprint density at radius 3 is 2.71 bits per heavy atom. The summed E-state index contributed by atoms with van der Waals surface area (Å²) in [5.41, 5.74) is 3.27. The van der Waals surface area contributed by atoms with Crippen molar-refractivity contribution in [2.45, 2.75) is 39.8 Å². The van der Waals surface area contributed by atoms with Crippen molar-refractivity contribution in [1.29, 1.82) is 0 Å². The molecule has 31 heavy (non-hydrogen) atoms. The van der Waals surface area contributed by atoms with Crippen LogP contribution in [0.3, 0.4) is 0 Å². The molecular weight excluding hydrogens is 392 g/mol. The number of rotatable bonds is 12. The maximum Gasteiger partial charge on any atom is 0.213 e. The second-order valence-electron chi connectivity index (χ2n) is 7.76. The monoisotopic (exact) mass is 426 g/mol. The van der Waals surface area contributed by atoms with Gasteiger partial charge in [0, 0.05) is 38.0 Å². The van der Waals surface area contributed by atoms with Gasteiger partial charge in [-0.2, -0.15) is 0 Å². The maximum atomic E-state index is 5.88. The lowest BCUT2D eigenvalue weighted by Crippen LogP contribution is -2.36. The quantitative estimate of drug-likeness (QED) is 0.308. The molecule has 0 unspecified atom stereocenters. The van der Waals surface area contributed by atoms with Crippen molar-refractivity contribution in [3.8, 4) is 11.6 Å². The Bertz CT molecular complexity index is 835. The number of benzene rings is 1. The molecule has 168 valence electrons. The number of methoxy groups -OCH3 is 1. The molecule has 0 radical (unpaired) electrons. The highest BCUT2D eigenvalue weighted by Crippen LogP contribution is 2.29. The van der Waals surface area contributed by atoms with Crippen LogP contribution in [0.1, 0.15) is 36.5 Å². The normalized spacial score (nSPS) is 13.7. The average molecular weight is 427 g/mol. The molecule has 1 aliphatic rings. The number of pyridine rings is 1. The van der Waals surface area contributed by atoms with E-state index in [-0.39, 0.29) is 0 Å². The zero-order chi connectivity index (χ0) is 21.9. The van der Waals surface area contributed by atoms with E-state index in [0.29, 0.717) is 32.2 Å². The molecular formula is C24H34N4O3. The van der Waals surface area contributed by atoms with Crippen LogP contribution < -0.4 is 20.1 Å². The van der Waals surface area contributed by atoms with E-state index >= 15 is 0 Å². The van der Waals surface area contributed by atoms with E-state index in [2.05, 4.69) is 52.7 Å². The zero-order valence-electron chi connectivity index (χ0n) is 18.8. The van der Waals surface area contributed by atoms with E-state index in [4.69, 9.17) is 14.2 Å². The van der Waals surface area contributed by atoms with Gasteiger partial charge >= 0.3 is 0 Å². The van der Waals surface area contributed by atoms with Crippen LogP contribution in [-0.2, 0) is 17.8 Å². The number of nitrogens with one attached hydrogen (secondary N) is 2. The summed E-state index contributed by atoms with van der Waals surface area (Å²) in [5.74, 6) is 3.02. The first kappa shape index (κ1) is 22.9. The Labute approximate surface area is 185 Å². The Morgan fingerprint density at radius 1 is 1.13 bits per heavy atom. The fourth-order valence-electron chi connectivity index (χ4n) is 2.95. The second-order valence-corrected chi connectivity index (χ2v) is 7.76. The topological polar surface area (TPSA) is 77.0 Å². The molecule has 0 aliphatic heterocycles. The highest BCUT2D eigenvalue weighted by molar-refractivity contribution is 5.79. The van der Waals surface area contributed by atoms with Crippen molar-refractivity contribution < 1.29 is 14.2 Å². The molecule has 1 aliphatic carbocycles. The van der Waals surface area contributed by atoms with Crippen molar-refractivity contribution in [1.82, 2.24) is 15.6 Å². The molecule has 0 saturated heterocycles. The Kier molecular flexibility index (Phi) is 8.97. The van der Waals surface area contributed by atoms with Gasteiger partial charge in [0.25, 0.3) is 0 Å². The van der Waals surface area contributed by atoms with E-state index in [9.17, 15) is 0 Å². The van der Waals surface area contributed by atoms with Crippen LogP contribution in [0.25, 0.3) is 0 Å². The first-order chi connectivity index (χ1) is 15.2. The molecule has 1 aromatic carbocycles. The van der Waals surface area contributed by atoms with Crippen LogP contribution in [0.15, 0.2) is 41.5 Å². The van der Waals surface area contributed by atoms with E-state index in [1.54, 1.807) is 7.11 Å². The van der Waals surface area contributed by atoms with Gasteiger partial charge in [0.1, 0.15) is 12.4 Å². The van der Waals surface area contributed by atoms with Crippen LogP contribution in [0.4, 0.5) is 0 Å². The summed E-state index contributed by atoms with van der Waals surface area (Å²) in [6, 6.07) is 10.2. The molecule has 3 rings (SSSR count). The second kappa shape index (κ2) is 12.2. The summed E-state index contributed by atoms with van der Waals surface area (Å²) in [6.07, 6.45) is 4.38. The molecule has 0 bridgehead atoms. The Morgan fingerprint density at radius 2 is 2.00 bits per heavy atom. The van der Waals surface area contributed by atoms with Crippen molar-refractivity contribution in [3.63, 3.8) is 0 Å². The van der Waals surface area contributed by atoms with Gasteiger partial charge in [-0.15, -0.1) is 0 Å². The molecule has 0 amide bonds.